The molecule has 136 valence electrons. The van der Waals surface area contributed by atoms with Gasteiger partial charge in [0, 0.05) is 27.9 Å². The van der Waals surface area contributed by atoms with Gasteiger partial charge in [-0.05, 0) is 29.8 Å². The van der Waals surface area contributed by atoms with Crippen LogP contribution < -0.4 is 5.73 Å². The van der Waals surface area contributed by atoms with Crippen LogP contribution in [0.15, 0.2) is 61.3 Å². The SMILES string of the molecule is C=CC(c1cccc(Cl)c1)S(=O)(=O)n1cc(C(F)F)c2c(N)cccc21. The van der Waals surface area contributed by atoms with Gasteiger partial charge in [0.1, 0.15) is 5.25 Å². The van der Waals surface area contributed by atoms with Gasteiger partial charge in [-0.1, -0.05) is 35.9 Å². The van der Waals surface area contributed by atoms with E-state index in [4.69, 9.17) is 17.3 Å². The predicted octanol–water partition coefficient (Wildman–Crippen LogP) is 4.92. The number of anilines is 1. The maximum atomic E-state index is 13.4. The lowest BCUT2D eigenvalue weighted by Gasteiger charge is -2.16. The van der Waals surface area contributed by atoms with Crippen molar-refractivity contribution in [3.05, 3.63) is 77.5 Å². The van der Waals surface area contributed by atoms with Crippen molar-refractivity contribution in [3.63, 3.8) is 0 Å². The highest BCUT2D eigenvalue weighted by Gasteiger charge is 2.30. The summed E-state index contributed by atoms with van der Waals surface area (Å²) in [6, 6.07) is 10.7. The van der Waals surface area contributed by atoms with Crippen LogP contribution in [0.25, 0.3) is 10.9 Å². The molecule has 0 radical (unpaired) electrons. The van der Waals surface area contributed by atoms with Crippen molar-refractivity contribution in [3.8, 4) is 0 Å². The minimum absolute atomic E-state index is 0.0278. The van der Waals surface area contributed by atoms with Crippen LogP contribution in [0.4, 0.5) is 14.5 Å². The van der Waals surface area contributed by atoms with Gasteiger partial charge in [-0.15, -0.1) is 6.58 Å². The number of aromatic nitrogens is 1. The molecule has 0 bridgehead atoms. The molecule has 8 heteroatoms. The first-order valence-corrected chi connectivity index (χ1v) is 9.45. The molecule has 2 N–H and O–H groups in total. The molecule has 26 heavy (non-hydrogen) atoms. The van der Waals surface area contributed by atoms with E-state index in [9.17, 15) is 17.2 Å². The number of fused-ring (bicyclic) bond motifs is 1. The quantitative estimate of drug-likeness (QED) is 0.491. The minimum Gasteiger partial charge on any atom is -0.398 e. The van der Waals surface area contributed by atoms with Gasteiger partial charge in [0.15, 0.2) is 0 Å². The fourth-order valence-electron chi connectivity index (χ4n) is 2.93. The van der Waals surface area contributed by atoms with Crippen molar-refractivity contribution in [2.75, 3.05) is 5.73 Å². The van der Waals surface area contributed by atoms with Gasteiger partial charge < -0.3 is 5.73 Å². The number of rotatable bonds is 5. The van der Waals surface area contributed by atoms with Gasteiger partial charge in [0.2, 0.25) is 10.0 Å². The molecule has 0 spiro atoms. The predicted molar refractivity (Wildman–Crippen MR) is 100 cm³/mol. The molecule has 4 nitrogen and oxygen atoms in total. The summed E-state index contributed by atoms with van der Waals surface area (Å²) in [5.41, 5.74) is 5.94. The summed E-state index contributed by atoms with van der Waals surface area (Å²) in [5.74, 6) is 0. The molecule has 0 amide bonds. The van der Waals surface area contributed by atoms with Gasteiger partial charge in [-0.25, -0.2) is 21.2 Å². The molecule has 2 aromatic carbocycles. The summed E-state index contributed by atoms with van der Waals surface area (Å²) in [6.45, 7) is 3.59. The van der Waals surface area contributed by atoms with Crippen LogP contribution in [0, 0.1) is 0 Å². The van der Waals surface area contributed by atoms with E-state index in [0.717, 1.165) is 10.2 Å². The van der Waals surface area contributed by atoms with Crippen molar-refractivity contribution < 1.29 is 17.2 Å². The molecule has 0 saturated heterocycles. The van der Waals surface area contributed by atoms with Crippen LogP contribution >= 0.6 is 11.6 Å². The Kier molecular flexibility index (Phi) is 4.77. The van der Waals surface area contributed by atoms with Crippen LogP contribution in [0.3, 0.4) is 0 Å². The Morgan fingerprint density at radius 3 is 2.50 bits per heavy atom. The Hall–Kier alpha value is -2.38. The van der Waals surface area contributed by atoms with Gasteiger partial charge in [-0.2, -0.15) is 0 Å². The molecule has 0 aliphatic heterocycles. The number of halogens is 3. The van der Waals surface area contributed by atoms with Gasteiger partial charge in [-0.3, -0.25) is 0 Å². The van der Waals surface area contributed by atoms with Crippen LogP contribution in [0.1, 0.15) is 22.8 Å². The van der Waals surface area contributed by atoms with Crippen molar-refractivity contribution >= 4 is 38.2 Å². The van der Waals surface area contributed by atoms with Gasteiger partial charge in [0.05, 0.1) is 5.52 Å². The normalized spacial score (nSPS) is 13.2. The van der Waals surface area contributed by atoms with Crippen molar-refractivity contribution in [2.45, 2.75) is 11.7 Å². The van der Waals surface area contributed by atoms with Crippen LogP contribution in [0.2, 0.25) is 5.02 Å². The summed E-state index contributed by atoms with van der Waals surface area (Å²) >= 11 is 5.95. The lowest BCUT2D eigenvalue weighted by atomic mass is 10.1. The van der Waals surface area contributed by atoms with E-state index < -0.39 is 27.3 Å². The Morgan fingerprint density at radius 1 is 1.19 bits per heavy atom. The second-order valence-corrected chi connectivity index (χ2v) is 8.05. The maximum absolute atomic E-state index is 13.4. The number of nitrogens with zero attached hydrogens (tertiary/aromatic N) is 1. The van der Waals surface area contributed by atoms with Crippen LogP contribution in [0.5, 0.6) is 0 Å². The summed E-state index contributed by atoms with van der Waals surface area (Å²) in [5, 5.41) is -0.775. The smallest absolute Gasteiger partial charge is 0.266 e. The second kappa shape index (κ2) is 6.74. The summed E-state index contributed by atoms with van der Waals surface area (Å²) in [4.78, 5) is 0. The monoisotopic (exact) mass is 396 g/mol. The van der Waals surface area contributed by atoms with E-state index in [0.29, 0.717) is 10.6 Å². The lowest BCUT2D eigenvalue weighted by molar-refractivity contribution is 0.153. The standard InChI is InChI=1S/C18H15ClF2N2O2S/c1-2-16(11-5-3-6-12(19)9-11)26(24,25)23-10-13(18(20)21)17-14(22)7-4-8-15(17)23/h2-10,16,18H,1,22H2. The first kappa shape index (κ1) is 18.4. The maximum Gasteiger partial charge on any atom is 0.266 e. The molecule has 3 rings (SSSR count). The number of nitrogen functional groups attached to an aromatic ring is 1. The molecular formula is C18H15ClF2N2O2S. The highest BCUT2D eigenvalue weighted by Crippen LogP contribution is 2.37. The minimum atomic E-state index is -4.13. The van der Waals surface area contributed by atoms with Crippen molar-refractivity contribution in [2.24, 2.45) is 0 Å². The third-order valence-electron chi connectivity index (χ3n) is 4.08. The topological polar surface area (TPSA) is 65.1 Å². The van der Waals surface area contributed by atoms with Crippen molar-refractivity contribution in [1.82, 2.24) is 3.97 Å². The zero-order valence-electron chi connectivity index (χ0n) is 13.4. The molecule has 0 saturated carbocycles. The highest BCUT2D eigenvalue weighted by molar-refractivity contribution is 7.90. The Bertz CT molecular complexity index is 1090. The van der Waals surface area contributed by atoms with Crippen LogP contribution in [-0.4, -0.2) is 12.4 Å². The zero-order valence-corrected chi connectivity index (χ0v) is 15.0. The molecule has 0 aliphatic carbocycles. The first-order chi connectivity index (χ1) is 12.3. The number of nitrogens with two attached hydrogens (primary N) is 1. The average Bonchev–Trinajstić information content (AvgIpc) is 2.97. The largest absolute Gasteiger partial charge is 0.398 e. The average molecular weight is 397 g/mol. The molecule has 1 heterocycles. The molecule has 3 aromatic rings. The number of alkyl halides is 2. The number of hydrogen-bond acceptors (Lipinski definition) is 3. The van der Waals surface area contributed by atoms with Crippen molar-refractivity contribution in [1.29, 1.82) is 0 Å². The fourth-order valence-corrected chi connectivity index (χ4v) is 4.79. The number of benzene rings is 2. The third kappa shape index (κ3) is 2.97. The fraction of sp³-hybridized carbons (Fsp3) is 0.111. The molecule has 1 atom stereocenters. The summed E-state index contributed by atoms with van der Waals surface area (Å²) in [6.07, 6.45) is -0.713. The lowest BCUT2D eigenvalue weighted by Crippen LogP contribution is -2.19. The van der Waals surface area contributed by atoms with E-state index in [2.05, 4.69) is 6.58 Å². The Morgan fingerprint density at radius 2 is 1.88 bits per heavy atom. The number of hydrogen-bond donors (Lipinski definition) is 1. The van der Waals surface area contributed by atoms with Gasteiger partial charge >= 0.3 is 0 Å². The van der Waals surface area contributed by atoms with E-state index in [1.54, 1.807) is 18.2 Å². The molecular weight excluding hydrogens is 382 g/mol. The van der Waals surface area contributed by atoms with E-state index in [1.165, 1.54) is 30.3 Å². The Balaban J connectivity index is 2.27. The summed E-state index contributed by atoms with van der Waals surface area (Å²) < 4.78 is 54.1. The highest BCUT2D eigenvalue weighted by atomic mass is 35.5. The molecule has 0 aliphatic rings. The zero-order chi connectivity index (χ0) is 19.1. The van der Waals surface area contributed by atoms with E-state index >= 15 is 0 Å². The summed E-state index contributed by atoms with van der Waals surface area (Å²) in [7, 11) is -4.13. The van der Waals surface area contributed by atoms with Gasteiger partial charge in [0.25, 0.3) is 6.43 Å². The first-order valence-electron chi connectivity index (χ1n) is 7.57. The molecule has 1 unspecified atom stereocenters. The molecule has 0 fully saturated rings. The Labute approximate surface area is 154 Å². The van der Waals surface area contributed by atoms with Crippen LogP contribution in [-0.2, 0) is 10.0 Å². The van der Waals surface area contributed by atoms with E-state index in [-0.39, 0.29) is 16.6 Å². The third-order valence-corrected chi connectivity index (χ3v) is 6.27. The second-order valence-electron chi connectivity index (χ2n) is 5.68. The van der Waals surface area contributed by atoms with E-state index in [1.807, 2.05) is 0 Å². The molecule has 1 aromatic heterocycles.